The van der Waals surface area contributed by atoms with Gasteiger partial charge in [0.1, 0.15) is 0 Å². The summed E-state index contributed by atoms with van der Waals surface area (Å²) in [7, 11) is 0. The Morgan fingerprint density at radius 3 is 2.78 bits per heavy atom. The van der Waals surface area contributed by atoms with Crippen LogP contribution in [-0.4, -0.2) is 28.1 Å². The van der Waals surface area contributed by atoms with Crippen LogP contribution >= 0.6 is 11.3 Å². The summed E-state index contributed by atoms with van der Waals surface area (Å²) in [6.45, 7) is 3.09. The van der Waals surface area contributed by atoms with Crippen LogP contribution in [0.15, 0.2) is 22.0 Å². The molecule has 96 valence electrons. The molecule has 1 saturated heterocycles. The van der Waals surface area contributed by atoms with Crippen molar-refractivity contribution in [3.05, 3.63) is 23.4 Å². The molecule has 0 bridgehead atoms. The minimum Gasteiger partial charge on any atom is -0.338 e. The molecule has 18 heavy (non-hydrogen) atoms. The summed E-state index contributed by atoms with van der Waals surface area (Å²) in [4.78, 5) is 7.95. The van der Waals surface area contributed by atoms with Crippen molar-refractivity contribution in [3.8, 4) is 10.7 Å². The second-order valence-corrected chi connectivity index (χ2v) is 5.63. The molecule has 2 aromatic heterocycles. The summed E-state index contributed by atoms with van der Waals surface area (Å²) in [5.74, 6) is 1.45. The van der Waals surface area contributed by atoms with Gasteiger partial charge in [-0.25, -0.2) is 0 Å². The van der Waals surface area contributed by atoms with Gasteiger partial charge >= 0.3 is 0 Å². The maximum Gasteiger partial charge on any atom is 0.241 e. The largest absolute Gasteiger partial charge is 0.338 e. The quantitative estimate of drug-likeness (QED) is 0.853. The van der Waals surface area contributed by atoms with Gasteiger partial charge < -0.3 is 4.52 Å². The second-order valence-electron chi connectivity index (χ2n) is 4.68. The third-order valence-electron chi connectivity index (χ3n) is 3.27. The smallest absolute Gasteiger partial charge is 0.241 e. The Bertz CT molecular complexity index is 472. The van der Waals surface area contributed by atoms with Crippen LogP contribution in [0.2, 0.25) is 0 Å². The first-order valence-electron chi connectivity index (χ1n) is 6.50. The molecule has 0 amide bonds. The Morgan fingerprint density at radius 1 is 1.22 bits per heavy atom. The molecule has 0 saturated carbocycles. The standard InChI is InChI=1S/C13H17N3OS/c1-2-4-8-16(7-3-1)10-12-14-13(15-17-12)11-6-5-9-18-11/h5-6,9H,1-4,7-8,10H2. The highest BCUT2D eigenvalue weighted by molar-refractivity contribution is 7.13. The van der Waals surface area contributed by atoms with E-state index in [0.29, 0.717) is 0 Å². The average molecular weight is 263 g/mol. The molecule has 1 fully saturated rings. The van der Waals surface area contributed by atoms with E-state index >= 15 is 0 Å². The average Bonchev–Trinajstić information content (AvgIpc) is 2.98. The van der Waals surface area contributed by atoms with Gasteiger partial charge in [0.15, 0.2) is 0 Å². The zero-order valence-corrected chi connectivity index (χ0v) is 11.2. The first-order valence-corrected chi connectivity index (χ1v) is 7.38. The monoisotopic (exact) mass is 263 g/mol. The first-order chi connectivity index (χ1) is 8.92. The normalized spacial score (nSPS) is 17.8. The number of likely N-dealkylation sites (tertiary alicyclic amines) is 1. The minimum atomic E-state index is 0.717. The van der Waals surface area contributed by atoms with E-state index in [1.54, 1.807) is 11.3 Å². The number of hydrogen-bond acceptors (Lipinski definition) is 5. The fourth-order valence-corrected chi connectivity index (χ4v) is 2.96. The third kappa shape index (κ3) is 2.79. The van der Waals surface area contributed by atoms with E-state index in [9.17, 15) is 0 Å². The van der Waals surface area contributed by atoms with Crippen molar-refractivity contribution in [2.75, 3.05) is 13.1 Å². The van der Waals surface area contributed by atoms with Crippen LogP contribution in [0.5, 0.6) is 0 Å². The molecule has 3 heterocycles. The van der Waals surface area contributed by atoms with Gasteiger partial charge in [-0.05, 0) is 37.4 Å². The summed E-state index contributed by atoms with van der Waals surface area (Å²) in [5, 5.41) is 6.07. The predicted molar refractivity (Wildman–Crippen MR) is 71.4 cm³/mol. The van der Waals surface area contributed by atoms with Gasteiger partial charge in [0.2, 0.25) is 11.7 Å². The number of rotatable bonds is 3. The SMILES string of the molecule is c1csc(-c2noc(CN3CCCCCC3)n2)c1. The molecule has 5 heteroatoms. The fraction of sp³-hybridized carbons (Fsp3) is 0.538. The van der Waals surface area contributed by atoms with Crippen molar-refractivity contribution in [2.45, 2.75) is 32.2 Å². The minimum absolute atomic E-state index is 0.717. The van der Waals surface area contributed by atoms with Gasteiger partial charge in [-0.2, -0.15) is 4.98 Å². The van der Waals surface area contributed by atoms with Gasteiger partial charge in [-0.3, -0.25) is 4.90 Å². The highest BCUT2D eigenvalue weighted by atomic mass is 32.1. The zero-order chi connectivity index (χ0) is 12.2. The Hall–Kier alpha value is -1.20. The van der Waals surface area contributed by atoms with E-state index in [2.05, 4.69) is 15.0 Å². The predicted octanol–water partition coefficient (Wildman–Crippen LogP) is 3.17. The van der Waals surface area contributed by atoms with Gasteiger partial charge in [0.25, 0.3) is 0 Å². The lowest BCUT2D eigenvalue weighted by Crippen LogP contribution is -2.24. The summed E-state index contributed by atoms with van der Waals surface area (Å²) >= 11 is 1.64. The number of aromatic nitrogens is 2. The van der Waals surface area contributed by atoms with Crippen molar-refractivity contribution < 1.29 is 4.52 Å². The Labute approximate surface area is 111 Å². The van der Waals surface area contributed by atoms with Crippen LogP contribution in [0.1, 0.15) is 31.6 Å². The summed E-state index contributed by atoms with van der Waals surface area (Å²) in [6.07, 6.45) is 5.26. The van der Waals surface area contributed by atoms with Gasteiger partial charge in [0, 0.05) is 0 Å². The highest BCUT2D eigenvalue weighted by Crippen LogP contribution is 2.22. The molecule has 0 unspecified atom stereocenters. The van der Waals surface area contributed by atoms with Crippen molar-refractivity contribution in [1.82, 2.24) is 15.0 Å². The molecule has 2 aromatic rings. The number of nitrogens with zero attached hydrogens (tertiary/aromatic N) is 3. The van der Waals surface area contributed by atoms with E-state index in [1.165, 1.54) is 25.7 Å². The van der Waals surface area contributed by atoms with Crippen LogP contribution in [0.25, 0.3) is 10.7 Å². The molecule has 0 aliphatic carbocycles. The van der Waals surface area contributed by atoms with Crippen molar-refractivity contribution in [1.29, 1.82) is 0 Å². The van der Waals surface area contributed by atoms with Crippen LogP contribution in [0.4, 0.5) is 0 Å². The van der Waals surface area contributed by atoms with E-state index in [0.717, 1.165) is 36.2 Å². The molecule has 0 atom stereocenters. The van der Waals surface area contributed by atoms with E-state index < -0.39 is 0 Å². The number of hydrogen-bond donors (Lipinski definition) is 0. The first kappa shape index (κ1) is 11.9. The molecule has 1 aliphatic rings. The lowest BCUT2D eigenvalue weighted by atomic mass is 10.2. The van der Waals surface area contributed by atoms with E-state index in [4.69, 9.17) is 4.52 Å². The van der Waals surface area contributed by atoms with Crippen molar-refractivity contribution in [3.63, 3.8) is 0 Å². The lowest BCUT2D eigenvalue weighted by Gasteiger charge is -2.16. The zero-order valence-electron chi connectivity index (χ0n) is 10.3. The van der Waals surface area contributed by atoms with Crippen molar-refractivity contribution >= 4 is 11.3 Å². The van der Waals surface area contributed by atoms with E-state index in [-0.39, 0.29) is 0 Å². The van der Waals surface area contributed by atoms with Crippen LogP contribution in [0.3, 0.4) is 0 Å². The molecule has 0 spiro atoms. The Kier molecular flexibility index (Phi) is 3.71. The summed E-state index contributed by atoms with van der Waals surface area (Å²) in [6, 6.07) is 4.02. The molecule has 0 aromatic carbocycles. The van der Waals surface area contributed by atoms with Crippen LogP contribution in [0, 0.1) is 0 Å². The maximum atomic E-state index is 5.34. The molecule has 4 nitrogen and oxygen atoms in total. The molecule has 0 radical (unpaired) electrons. The molecular weight excluding hydrogens is 246 g/mol. The second kappa shape index (κ2) is 5.63. The van der Waals surface area contributed by atoms with E-state index in [1.807, 2.05) is 17.5 Å². The van der Waals surface area contributed by atoms with Crippen LogP contribution in [-0.2, 0) is 6.54 Å². The third-order valence-corrected chi connectivity index (χ3v) is 4.13. The van der Waals surface area contributed by atoms with Gasteiger partial charge in [0.05, 0.1) is 11.4 Å². The molecule has 3 rings (SSSR count). The number of thiophene rings is 1. The Balaban J connectivity index is 1.66. The Morgan fingerprint density at radius 2 is 2.06 bits per heavy atom. The van der Waals surface area contributed by atoms with Crippen molar-refractivity contribution in [2.24, 2.45) is 0 Å². The molecule has 1 aliphatic heterocycles. The highest BCUT2D eigenvalue weighted by Gasteiger charge is 2.14. The topological polar surface area (TPSA) is 42.2 Å². The fourth-order valence-electron chi connectivity index (χ4n) is 2.31. The van der Waals surface area contributed by atoms with Crippen LogP contribution < -0.4 is 0 Å². The summed E-state index contributed by atoms with van der Waals surface area (Å²) < 4.78 is 5.34. The maximum absolute atomic E-state index is 5.34. The van der Waals surface area contributed by atoms with Gasteiger partial charge in [-0.1, -0.05) is 24.1 Å². The van der Waals surface area contributed by atoms with Gasteiger partial charge in [-0.15, -0.1) is 11.3 Å². The summed E-state index contributed by atoms with van der Waals surface area (Å²) in [5.41, 5.74) is 0. The lowest BCUT2D eigenvalue weighted by molar-refractivity contribution is 0.234. The molecule has 0 N–H and O–H groups in total. The molecular formula is C13H17N3OS.